The Hall–Kier alpha value is -0.140. The highest BCUT2D eigenvalue weighted by molar-refractivity contribution is 7.89. The van der Waals surface area contributed by atoms with Crippen molar-refractivity contribution in [1.29, 1.82) is 0 Å². The van der Waals surface area contributed by atoms with E-state index in [9.17, 15) is 8.42 Å². The lowest BCUT2D eigenvalue weighted by Crippen LogP contribution is -2.29. The molecule has 0 bridgehead atoms. The molecule has 1 aromatic heterocycles. The fourth-order valence-electron chi connectivity index (χ4n) is 2.10. The Bertz CT molecular complexity index is 500. The maximum atomic E-state index is 12.4. The molecule has 0 aliphatic carbocycles. The summed E-state index contributed by atoms with van der Waals surface area (Å²) in [5.41, 5.74) is 0. The summed E-state index contributed by atoms with van der Waals surface area (Å²) in [5.74, 6) is 0.655. The number of rotatable bonds is 5. The Morgan fingerprint density at radius 2 is 2.39 bits per heavy atom. The maximum absolute atomic E-state index is 12.4. The number of hydrogen-bond donors (Lipinski definition) is 0. The Morgan fingerprint density at radius 1 is 1.61 bits per heavy atom. The third-order valence-corrected chi connectivity index (χ3v) is 6.43. The van der Waals surface area contributed by atoms with Crippen molar-refractivity contribution < 1.29 is 13.2 Å². The summed E-state index contributed by atoms with van der Waals surface area (Å²) in [5, 5.41) is 1.66. The summed E-state index contributed by atoms with van der Waals surface area (Å²) >= 11 is 7.08. The van der Waals surface area contributed by atoms with Gasteiger partial charge < -0.3 is 4.74 Å². The molecule has 1 aromatic rings. The van der Waals surface area contributed by atoms with E-state index in [1.54, 1.807) is 18.6 Å². The number of ether oxygens (including phenoxy) is 1. The molecular formula is C11H16ClNO3S2. The van der Waals surface area contributed by atoms with Crippen LogP contribution in [0, 0.1) is 5.92 Å². The summed E-state index contributed by atoms with van der Waals surface area (Å²) < 4.78 is 31.3. The SMILES string of the molecule is COCC1CCN(S(=O)(=O)c2csc(CCl)c2)C1. The second kappa shape index (κ2) is 5.88. The minimum atomic E-state index is -3.35. The molecular weight excluding hydrogens is 294 g/mol. The number of thiophene rings is 1. The Balaban J connectivity index is 2.12. The van der Waals surface area contributed by atoms with Gasteiger partial charge in [-0.2, -0.15) is 4.31 Å². The van der Waals surface area contributed by atoms with E-state index < -0.39 is 10.0 Å². The van der Waals surface area contributed by atoms with Gasteiger partial charge in [-0.3, -0.25) is 0 Å². The van der Waals surface area contributed by atoms with Gasteiger partial charge in [0.05, 0.1) is 17.4 Å². The van der Waals surface area contributed by atoms with Gasteiger partial charge in [0.1, 0.15) is 0 Å². The second-order valence-corrected chi connectivity index (χ2v) is 7.56. The van der Waals surface area contributed by atoms with E-state index in [0.29, 0.717) is 36.4 Å². The van der Waals surface area contributed by atoms with Gasteiger partial charge in [0, 0.05) is 30.5 Å². The van der Waals surface area contributed by atoms with Gasteiger partial charge in [-0.15, -0.1) is 22.9 Å². The van der Waals surface area contributed by atoms with E-state index in [2.05, 4.69) is 0 Å². The smallest absolute Gasteiger partial charge is 0.243 e. The lowest BCUT2D eigenvalue weighted by atomic mass is 10.1. The van der Waals surface area contributed by atoms with Crippen LogP contribution in [0.4, 0.5) is 0 Å². The van der Waals surface area contributed by atoms with Gasteiger partial charge in [-0.1, -0.05) is 0 Å². The fraction of sp³-hybridized carbons (Fsp3) is 0.636. The first-order chi connectivity index (χ1) is 8.57. The number of nitrogens with zero attached hydrogens (tertiary/aromatic N) is 1. The Morgan fingerprint density at radius 3 is 3.00 bits per heavy atom. The van der Waals surface area contributed by atoms with E-state index in [1.165, 1.54) is 15.6 Å². The molecule has 0 saturated carbocycles. The van der Waals surface area contributed by atoms with Crippen molar-refractivity contribution in [2.24, 2.45) is 5.92 Å². The highest BCUT2D eigenvalue weighted by Gasteiger charge is 2.32. The first-order valence-corrected chi connectivity index (χ1v) is 8.56. The third kappa shape index (κ3) is 2.88. The van der Waals surface area contributed by atoms with Crippen LogP contribution in [0.25, 0.3) is 0 Å². The molecule has 7 heteroatoms. The predicted octanol–water partition coefficient (Wildman–Crippen LogP) is 2.14. The number of alkyl halides is 1. The molecule has 1 aliphatic rings. The van der Waals surface area contributed by atoms with Crippen LogP contribution >= 0.6 is 22.9 Å². The molecule has 0 radical (unpaired) electrons. The van der Waals surface area contributed by atoms with Gasteiger partial charge in [0.2, 0.25) is 10.0 Å². The Labute approximate surface area is 117 Å². The van der Waals surface area contributed by atoms with Crippen molar-refractivity contribution in [3.8, 4) is 0 Å². The van der Waals surface area contributed by atoms with Crippen molar-refractivity contribution in [1.82, 2.24) is 4.31 Å². The predicted molar refractivity (Wildman–Crippen MR) is 72.6 cm³/mol. The molecule has 0 N–H and O–H groups in total. The van der Waals surface area contributed by atoms with Crippen LogP contribution in [-0.4, -0.2) is 39.5 Å². The molecule has 0 aromatic carbocycles. The zero-order valence-corrected chi connectivity index (χ0v) is 12.5. The standard InChI is InChI=1S/C11H16ClNO3S2/c1-16-7-9-2-3-13(6-9)18(14,15)11-4-10(5-12)17-8-11/h4,8-9H,2-3,5-7H2,1H3. The fourth-order valence-corrected chi connectivity index (χ4v) is 5.01. The van der Waals surface area contributed by atoms with Crippen molar-refractivity contribution in [2.75, 3.05) is 26.8 Å². The van der Waals surface area contributed by atoms with Crippen LogP contribution in [-0.2, 0) is 20.6 Å². The van der Waals surface area contributed by atoms with Crippen LogP contribution in [0.2, 0.25) is 0 Å². The molecule has 2 rings (SSSR count). The number of hydrogen-bond acceptors (Lipinski definition) is 4. The monoisotopic (exact) mass is 309 g/mol. The topological polar surface area (TPSA) is 46.6 Å². The van der Waals surface area contributed by atoms with E-state index in [-0.39, 0.29) is 0 Å². The van der Waals surface area contributed by atoms with Crippen molar-refractivity contribution in [2.45, 2.75) is 17.2 Å². The first kappa shape index (κ1) is 14.3. The van der Waals surface area contributed by atoms with Gasteiger partial charge in [0.15, 0.2) is 0 Å². The van der Waals surface area contributed by atoms with Gasteiger partial charge in [-0.05, 0) is 18.4 Å². The molecule has 1 saturated heterocycles. The molecule has 0 spiro atoms. The molecule has 1 atom stereocenters. The number of sulfonamides is 1. The second-order valence-electron chi connectivity index (χ2n) is 4.36. The lowest BCUT2D eigenvalue weighted by molar-refractivity contribution is 0.157. The normalized spacial score (nSPS) is 21.6. The summed E-state index contributed by atoms with van der Waals surface area (Å²) in [6.07, 6.45) is 0.861. The minimum absolute atomic E-state index is 0.302. The summed E-state index contributed by atoms with van der Waals surface area (Å²) in [6, 6.07) is 1.66. The largest absolute Gasteiger partial charge is 0.384 e. The maximum Gasteiger partial charge on any atom is 0.243 e. The van der Waals surface area contributed by atoms with Crippen molar-refractivity contribution >= 4 is 33.0 Å². The zero-order chi connectivity index (χ0) is 13.2. The lowest BCUT2D eigenvalue weighted by Gasteiger charge is -2.15. The zero-order valence-electron chi connectivity index (χ0n) is 10.1. The Kier molecular flexibility index (Phi) is 4.66. The van der Waals surface area contributed by atoms with E-state index in [4.69, 9.17) is 16.3 Å². The van der Waals surface area contributed by atoms with Crippen LogP contribution in [0.5, 0.6) is 0 Å². The number of halogens is 1. The van der Waals surface area contributed by atoms with Gasteiger partial charge >= 0.3 is 0 Å². The van der Waals surface area contributed by atoms with Crippen molar-refractivity contribution in [3.63, 3.8) is 0 Å². The van der Waals surface area contributed by atoms with E-state index in [0.717, 1.165) is 11.3 Å². The quantitative estimate of drug-likeness (QED) is 0.783. The molecule has 4 nitrogen and oxygen atoms in total. The molecule has 2 heterocycles. The van der Waals surface area contributed by atoms with E-state index >= 15 is 0 Å². The highest BCUT2D eigenvalue weighted by Crippen LogP contribution is 2.28. The van der Waals surface area contributed by atoms with Crippen LogP contribution < -0.4 is 0 Å². The molecule has 1 fully saturated rings. The minimum Gasteiger partial charge on any atom is -0.384 e. The van der Waals surface area contributed by atoms with Gasteiger partial charge in [0.25, 0.3) is 0 Å². The third-order valence-electron chi connectivity index (χ3n) is 3.05. The first-order valence-electron chi connectivity index (χ1n) is 5.70. The molecule has 18 heavy (non-hydrogen) atoms. The van der Waals surface area contributed by atoms with Gasteiger partial charge in [-0.25, -0.2) is 8.42 Å². The molecule has 0 amide bonds. The highest BCUT2D eigenvalue weighted by atomic mass is 35.5. The summed E-state index contributed by atoms with van der Waals surface area (Å²) in [4.78, 5) is 1.24. The average Bonchev–Trinajstić information content (AvgIpc) is 2.98. The van der Waals surface area contributed by atoms with Crippen LogP contribution in [0.15, 0.2) is 16.3 Å². The molecule has 1 unspecified atom stereocenters. The number of methoxy groups -OCH3 is 1. The van der Waals surface area contributed by atoms with Crippen molar-refractivity contribution in [3.05, 3.63) is 16.3 Å². The average molecular weight is 310 g/mol. The van der Waals surface area contributed by atoms with Crippen LogP contribution in [0.3, 0.4) is 0 Å². The van der Waals surface area contributed by atoms with Crippen LogP contribution in [0.1, 0.15) is 11.3 Å². The molecule has 1 aliphatic heterocycles. The van der Waals surface area contributed by atoms with E-state index in [1.807, 2.05) is 0 Å². The molecule has 102 valence electrons. The summed E-state index contributed by atoms with van der Waals surface area (Å²) in [6.45, 7) is 1.73. The summed E-state index contributed by atoms with van der Waals surface area (Å²) in [7, 11) is -1.71.